The molecular formula is C26H31N5O7S. The van der Waals surface area contributed by atoms with E-state index in [9.17, 15) is 23.1 Å². The fourth-order valence-electron chi connectivity index (χ4n) is 4.14. The molecule has 6 N–H and O–H groups in total. The van der Waals surface area contributed by atoms with Crippen LogP contribution in [0.3, 0.4) is 0 Å². The van der Waals surface area contributed by atoms with E-state index in [0.29, 0.717) is 42.9 Å². The SMILES string of the molecule is CC(=N)N1CCC(Oc2ccc(N(C/C=C/c3cccc(C(=N)N)c3)S(=O)(=O)CC(=O)O)cc2C(=O)O)CC1. The molecule has 0 aliphatic carbocycles. The molecule has 13 heteroatoms. The quantitative estimate of drug-likeness (QED) is 0.203. The third-order valence-corrected chi connectivity index (χ3v) is 7.76. The molecule has 0 radical (unpaired) electrons. The molecule has 39 heavy (non-hydrogen) atoms. The van der Waals surface area contributed by atoms with E-state index in [2.05, 4.69) is 0 Å². The molecule has 2 aromatic carbocycles. The topological polar surface area (TPSA) is 198 Å². The molecule has 1 fully saturated rings. The third kappa shape index (κ3) is 7.80. The summed E-state index contributed by atoms with van der Waals surface area (Å²) in [4.78, 5) is 25.2. The average Bonchev–Trinajstić information content (AvgIpc) is 2.86. The minimum Gasteiger partial charge on any atom is -0.489 e. The van der Waals surface area contributed by atoms with E-state index in [1.165, 1.54) is 18.2 Å². The van der Waals surface area contributed by atoms with Crippen molar-refractivity contribution in [1.82, 2.24) is 4.90 Å². The molecule has 0 amide bonds. The van der Waals surface area contributed by atoms with Gasteiger partial charge >= 0.3 is 11.9 Å². The van der Waals surface area contributed by atoms with Crippen LogP contribution in [0.25, 0.3) is 6.08 Å². The van der Waals surface area contributed by atoms with E-state index < -0.39 is 27.7 Å². The van der Waals surface area contributed by atoms with Crippen LogP contribution in [0.5, 0.6) is 5.75 Å². The number of nitrogens with two attached hydrogens (primary N) is 1. The van der Waals surface area contributed by atoms with E-state index in [-0.39, 0.29) is 35.5 Å². The fraction of sp³-hybridized carbons (Fsp3) is 0.308. The first-order valence-electron chi connectivity index (χ1n) is 12.0. The Morgan fingerprint density at radius 1 is 1.15 bits per heavy atom. The zero-order chi connectivity index (χ0) is 28.7. The Kier molecular flexibility index (Phi) is 9.30. The number of aromatic carboxylic acids is 1. The van der Waals surface area contributed by atoms with Crippen molar-refractivity contribution in [3.63, 3.8) is 0 Å². The Labute approximate surface area is 226 Å². The largest absolute Gasteiger partial charge is 0.489 e. The Hall–Kier alpha value is -4.39. The Bertz CT molecular complexity index is 1400. The molecule has 3 rings (SSSR count). The van der Waals surface area contributed by atoms with Crippen LogP contribution < -0.4 is 14.8 Å². The van der Waals surface area contributed by atoms with Gasteiger partial charge in [0.1, 0.15) is 23.3 Å². The van der Waals surface area contributed by atoms with Gasteiger partial charge in [0.05, 0.1) is 18.1 Å². The van der Waals surface area contributed by atoms with Crippen molar-refractivity contribution >= 4 is 45.4 Å². The number of carbonyl (C=O) groups is 2. The summed E-state index contributed by atoms with van der Waals surface area (Å²) in [6, 6.07) is 10.6. The molecule has 208 valence electrons. The highest BCUT2D eigenvalue weighted by atomic mass is 32.2. The number of nitrogens with one attached hydrogen (secondary N) is 2. The standard InChI is InChI=1S/C26H31N5O7S/c1-17(27)30-12-9-21(10-13-30)38-23-8-7-20(15-22(23)26(34)35)31(39(36,37)16-24(32)33)11-3-5-18-4-2-6-19(14-18)25(28)29/h2-8,14-15,21,27H,9-13,16H2,1H3,(H3,28,29)(H,32,33)(H,34,35)/b5-3+,27-17?. The van der Waals surface area contributed by atoms with E-state index in [4.69, 9.17) is 26.4 Å². The van der Waals surface area contributed by atoms with E-state index in [1.54, 1.807) is 37.3 Å². The van der Waals surface area contributed by atoms with Crippen LogP contribution >= 0.6 is 0 Å². The Balaban J connectivity index is 1.89. The lowest BCUT2D eigenvalue weighted by atomic mass is 10.1. The number of hydrogen-bond acceptors (Lipinski definition) is 7. The lowest BCUT2D eigenvalue weighted by molar-refractivity contribution is -0.134. The molecule has 0 aromatic heterocycles. The van der Waals surface area contributed by atoms with Crippen molar-refractivity contribution in [3.8, 4) is 5.75 Å². The zero-order valence-electron chi connectivity index (χ0n) is 21.3. The third-order valence-electron chi connectivity index (χ3n) is 6.11. The zero-order valence-corrected chi connectivity index (χ0v) is 22.1. The summed E-state index contributed by atoms with van der Waals surface area (Å²) >= 11 is 0. The molecule has 1 saturated heterocycles. The maximum absolute atomic E-state index is 13.0. The normalized spacial score (nSPS) is 14.2. The van der Waals surface area contributed by atoms with Crippen molar-refractivity contribution < 1.29 is 33.0 Å². The van der Waals surface area contributed by atoms with Gasteiger partial charge in [0.15, 0.2) is 5.75 Å². The first kappa shape index (κ1) is 29.2. The van der Waals surface area contributed by atoms with Gasteiger partial charge in [-0.1, -0.05) is 30.4 Å². The summed E-state index contributed by atoms with van der Waals surface area (Å²) < 4.78 is 32.7. The summed E-state index contributed by atoms with van der Waals surface area (Å²) in [7, 11) is -4.38. The van der Waals surface area contributed by atoms with Crippen molar-refractivity contribution in [3.05, 3.63) is 65.2 Å². The number of ether oxygens (including phenoxy) is 1. The highest BCUT2D eigenvalue weighted by molar-refractivity contribution is 7.93. The maximum atomic E-state index is 13.0. The van der Waals surface area contributed by atoms with Crippen LogP contribution in [-0.2, 0) is 14.8 Å². The summed E-state index contributed by atoms with van der Waals surface area (Å²) in [6.07, 6.45) is 3.98. The van der Waals surface area contributed by atoms with Gasteiger partial charge in [-0.25, -0.2) is 13.2 Å². The number of carboxylic acids is 2. The van der Waals surface area contributed by atoms with Crippen LogP contribution in [0.15, 0.2) is 48.5 Å². The molecule has 0 spiro atoms. The van der Waals surface area contributed by atoms with Gasteiger partial charge in [0.25, 0.3) is 0 Å². The number of sulfonamides is 1. The van der Waals surface area contributed by atoms with Crippen molar-refractivity contribution in [2.24, 2.45) is 5.73 Å². The number of aliphatic carboxylic acids is 1. The number of likely N-dealkylation sites (tertiary alicyclic amines) is 1. The van der Waals surface area contributed by atoms with Crippen LogP contribution in [0.4, 0.5) is 5.69 Å². The molecular weight excluding hydrogens is 526 g/mol. The number of piperidine rings is 1. The van der Waals surface area contributed by atoms with Gasteiger partial charge in [-0.3, -0.25) is 19.9 Å². The molecule has 0 saturated carbocycles. The molecule has 0 atom stereocenters. The van der Waals surface area contributed by atoms with E-state index in [0.717, 1.165) is 10.4 Å². The smallest absolute Gasteiger partial charge is 0.339 e. The number of nitrogen functional groups attached to an aromatic ring is 1. The minimum absolute atomic E-state index is 0.0302. The second-order valence-corrected chi connectivity index (χ2v) is 10.9. The van der Waals surface area contributed by atoms with Gasteiger partial charge in [0.2, 0.25) is 10.0 Å². The molecule has 1 aliphatic heterocycles. The lowest BCUT2D eigenvalue weighted by Gasteiger charge is -2.33. The van der Waals surface area contributed by atoms with Gasteiger partial charge in [-0.15, -0.1) is 0 Å². The van der Waals surface area contributed by atoms with Gasteiger partial charge in [-0.05, 0) is 36.8 Å². The predicted octanol–water partition coefficient (Wildman–Crippen LogP) is 2.44. The maximum Gasteiger partial charge on any atom is 0.339 e. The first-order valence-corrected chi connectivity index (χ1v) is 13.7. The molecule has 12 nitrogen and oxygen atoms in total. The minimum atomic E-state index is -4.38. The molecule has 0 unspecified atom stereocenters. The molecule has 1 heterocycles. The number of amidine groups is 2. The second kappa shape index (κ2) is 12.4. The van der Waals surface area contributed by atoms with Crippen molar-refractivity contribution in [1.29, 1.82) is 10.8 Å². The number of nitrogens with zero attached hydrogens (tertiary/aromatic N) is 2. The summed E-state index contributed by atoms with van der Waals surface area (Å²) in [5.41, 5.74) is 6.34. The molecule has 2 aromatic rings. The lowest BCUT2D eigenvalue weighted by Crippen LogP contribution is -2.40. The van der Waals surface area contributed by atoms with Crippen molar-refractivity contribution in [2.75, 3.05) is 29.7 Å². The predicted molar refractivity (Wildman–Crippen MR) is 147 cm³/mol. The highest BCUT2D eigenvalue weighted by Crippen LogP contribution is 2.29. The van der Waals surface area contributed by atoms with Gasteiger partial charge in [-0.2, -0.15) is 0 Å². The van der Waals surface area contributed by atoms with Crippen LogP contribution in [0.2, 0.25) is 0 Å². The number of rotatable bonds is 11. The first-order chi connectivity index (χ1) is 18.4. The monoisotopic (exact) mass is 557 g/mol. The molecule has 0 bridgehead atoms. The van der Waals surface area contributed by atoms with Gasteiger partial charge in [0, 0.05) is 31.5 Å². The summed E-state index contributed by atoms with van der Waals surface area (Å²) in [5, 5.41) is 34.3. The fourth-order valence-corrected chi connectivity index (χ4v) is 5.36. The average molecular weight is 558 g/mol. The number of carboxylic acid groups (broad SMARTS) is 2. The number of anilines is 1. The summed E-state index contributed by atoms with van der Waals surface area (Å²) in [5.74, 6) is -3.67. The molecule has 1 aliphatic rings. The number of hydrogen-bond donors (Lipinski definition) is 5. The Morgan fingerprint density at radius 3 is 2.44 bits per heavy atom. The van der Waals surface area contributed by atoms with E-state index in [1.807, 2.05) is 4.90 Å². The van der Waals surface area contributed by atoms with Crippen LogP contribution in [0, 0.1) is 10.8 Å². The summed E-state index contributed by atoms with van der Waals surface area (Å²) in [6.45, 7) is 2.62. The van der Waals surface area contributed by atoms with Crippen molar-refractivity contribution in [2.45, 2.75) is 25.9 Å². The number of benzene rings is 2. The second-order valence-electron chi connectivity index (χ2n) is 9.00. The van der Waals surface area contributed by atoms with Crippen LogP contribution in [0.1, 0.15) is 41.3 Å². The highest BCUT2D eigenvalue weighted by Gasteiger charge is 2.28. The van der Waals surface area contributed by atoms with E-state index >= 15 is 0 Å². The van der Waals surface area contributed by atoms with Gasteiger partial charge < -0.3 is 25.6 Å². The van der Waals surface area contributed by atoms with Crippen LogP contribution in [-0.4, -0.2) is 78.6 Å². The Morgan fingerprint density at radius 2 is 1.85 bits per heavy atom.